The highest BCUT2D eigenvalue weighted by molar-refractivity contribution is 5.30. The summed E-state index contributed by atoms with van der Waals surface area (Å²) in [4.78, 5) is 8.27. The average molecular weight is 256 g/mol. The number of nitrogens with zero attached hydrogens (tertiary/aromatic N) is 5. The Labute approximate surface area is 109 Å². The van der Waals surface area contributed by atoms with Crippen LogP contribution in [0.15, 0.2) is 41.4 Å². The van der Waals surface area contributed by atoms with E-state index in [2.05, 4.69) is 20.2 Å². The molecule has 0 saturated carbocycles. The second kappa shape index (κ2) is 4.89. The summed E-state index contributed by atoms with van der Waals surface area (Å²) >= 11 is 0. The first kappa shape index (κ1) is 11.4. The van der Waals surface area contributed by atoms with Crippen molar-refractivity contribution in [2.75, 3.05) is 5.73 Å². The number of hydrogen-bond acceptors (Lipinski definition) is 6. The largest absolute Gasteiger partial charge is 0.396 e. The highest BCUT2D eigenvalue weighted by Crippen LogP contribution is 2.07. The van der Waals surface area contributed by atoms with Crippen LogP contribution in [0.3, 0.4) is 0 Å². The van der Waals surface area contributed by atoms with Gasteiger partial charge in [-0.2, -0.15) is 10.1 Å². The summed E-state index contributed by atoms with van der Waals surface area (Å²) in [6.45, 7) is 0.417. The van der Waals surface area contributed by atoms with Crippen LogP contribution in [0.4, 0.5) is 5.69 Å². The molecule has 0 unspecified atom stereocenters. The van der Waals surface area contributed by atoms with Gasteiger partial charge in [-0.1, -0.05) is 5.16 Å². The summed E-state index contributed by atoms with van der Waals surface area (Å²) in [5, 5.41) is 8.00. The Morgan fingerprint density at radius 2 is 2.11 bits per heavy atom. The van der Waals surface area contributed by atoms with Gasteiger partial charge in [-0.05, 0) is 17.7 Å². The molecule has 0 aliphatic rings. The Kier molecular flexibility index (Phi) is 2.93. The highest BCUT2D eigenvalue weighted by Gasteiger charge is 2.08. The standard InChI is InChI=1S/C12H12N6O/c13-10-6-15-18(7-10)8-12-16-11(17-19-12)5-9-1-3-14-4-2-9/h1-4,6-7H,5,8,13H2. The third-order valence-corrected chi connectivity index (χ3v) is 2.57. The lowest BCUT2D eigenvalue weighted by molar-refractivity contribution is 0.362. The van der Waals surface area contributed by atoms with Crippen LogP contribution in [-0.4, -0.2) is 24.9 Å². The Morgan fingerprint density at radius 3 is 2.84 bits per heavy atom. The maximum Gasteiger partial charge on any atom is 0.248 e. The highest BCUT2D eigenvalue weighted by atomic mass is 16.5. The summed E-state index contributed by atoms with van der Waals surface area (Å²) in [7, 11) is 0. The van der Waals surface area contributed by atoms with E-state index in [-0.39, 0.29) is 0 Å². The number of hydrogen-bond donors (Lipinski definition) is 1. The second-order valence-corrected chi connectivity index (χ2v) is 4.11. The van der Waals surface area contributed by atoms with Crippen LogP contribution in [0.5, 0.6) is 0 Å². The van der Waals surface area contributed by atoms with E-state index in [0.717, 1.165) is 5.56 Å². The molecular formula is C12H12N6O. The SMILES string of the molecule is Nc1cnn(Cc2nc(Cc3ccncc3)no2)c1. The maximum absolute atomic E-state index is 5.58. The van der Waals surface area contributed by atoms with Gasteiger partial charge in [-0.15, -0.1) is 0 Å². The second-order valence-electron chi connectivity index (χ2n) is 4.11. The Hall–Kier alpha value is -2.70. The summed E-state index contributed by atoms with van der Waals surface area (Å²) in [6, 6.07) is 3.84. The van der Waals surface area contributed by atoms with Crippen molar-refractivity contribution in [3.8, 4) is 0 Å². The van der Waals surface area contributed by atoms with Crippen molar-refractivity contribution in [1.29, 1.82) is 0 Å². The predicted octanol–water partition coefficient (Wildman–Crippen LogP) is 0.882. The molecule has 3 aromatic rings. The first-order valence-corrected chi connectivity index (χ1v) is 5.78. The molecule has 0 fully saturated rings. The molecule has 0 amide bonds. The molecule has 2 N–H and O–H groups in total. The van der Waals surface area contributed by atoms with Gasteiger partial charge < -0.3 is 10.3 Å². The molecule has 0 spiro atoms. The fourth-order valence-electron chi connectivity index (χ4n) is 1.71. The smallest absolute Gasteiger partial charge is 0.248 e. The van der Waals surface area contributed by atoms with E-state index >= 15 is 0 Å². The first-order valence-electron chi connectivity index (χ1n) is 5.78. The van der Waals surface area contributed by atoms with Crippen molar-refractivity contribution in [3.05, 3.63) is 54.2 Å². The number of aromatic nitrogens is 5. The van der Waals surface area contributed by atoms with Crippen LogP contribution in [-0.2, 0) is 13.0 Å². The van der Waals surface area contributed by atoms with Gasteiger partial charge in [-0.25, -0.2) is 0 Å². The molecule has 0 bridgehead atoms. The zero-order chi connectivity index (χ0) is 13.1. The number of anilines is 1. The molecule has 3 heterocycles. The van der Waals surface area contributed by atoms with E-state index in [0.29, 0.717) is 30.4 Å². The summed E-state index contributed by atoms with van der Waals surface area (Å²) in [6.07, 6.45) is 7.39. The molecule has 0 aromatic carbocycles. The van der Waals surface area contributed by atoms with Gasteiger partial charge in [0, 0.05) is 25.0 Å². The molecule has 7 nitrogen and oxygen atoms in total. The van der Waals surface area contributed by atoms with Crippen LogP contribution in [0, 0.1) is 0 Å². The third kappa shape index (κ3) is 2.76. The van der Waals surface area contributed by atoms with Crippen LogP contribution in [0.2, 0.25) is 0 Å². The molecule has 96 valence electrons. The minimum atomic E-state index is 0.417. The Balaban J connectivity index is 1.69. The maximum atomic E-state index is 5.58. The minimum Gasteiger partial charge on any atom is -0.396 e. The molecule has 3 rings (SSSR count). The predicted molar refractivity (Wildman–Crippen MR) is 67.1 cm³/mol. The van der Waals surface area contributed by atoms with Crippen molar-refractivity contribution < 1.29 is 4.52 Å². The van der Waals surface area contributed by atoms with E-state index in [1.54, 1.807) is 29.5 Å². The zero-order valence-corrected chi connectivity index (χ0v) is 10.1. The quantitative estimate of drug-likeness (QED) is 0.744. The fourth-order valence-corrected chi connectivity index (χ4v) is 1.71. The van der Waals surface area contributed by atoms with E-state index in [4.69, 9.17) is 10.3 Å². The Bertz CT molecular complexity index is 660. The van der Waals surface area contributed by atoms with Crippen molar-refractivity contribution >= 4 is 5.69 Å². The van der Waals surface area contributed by atoms with Crippen molar-refractivity contribution in [2.45, 2.75) is 13.0 Å². The lowest BCUT2D eigenvalue weighted by Crippen LogP contribution is -2.00. The van der Waals surface area contributed by atoms with Gasteiger partial charge in [-0.3, -0.25) is 9.67 Å². The van der Waals surface area contributed by atoms with Crippen LogP contribution in [0.25, 0.3) is 0 Å². The molecule has 7 heteroatoms. The normalized spacial score (nSPS) is 10.7. The van der Waals surface area contributed by atoms with Gasteiger partial charge in [0.25, 0.3) is 0 Å². The topological polar surface area (TPSA) is 95.7 Å². The minimum absolute atomic E-state index is 0.417. The number of pyridine rings is 1. The number of nitrogens with two attached hydrogens (primary N) is 1. The Morgan fingerprint density at radius 1 is 1.26 bits per heavy atom. The number of rotatable bonds is 4. The lowest BCUT2D eigenvalue weighted by atomic mass is 10.2. The van der Waals surface area contributed by atoms with Crippen molar-refractivity contribution in [1.82, 2.24) is 24.9 Å². The molecule has 19 heavy (non-hydrogen) atoms. The van der Waals surface area contributed by atoms with Gasteiger partial charge in [0.1, 0.15) is 6.54 Å². The van der Waals surface area contributed by atoms with Crippen molar-refractivity contribution in [2.24, 2.45) is 0 Å². The average Bonchev–Trinajstić information content (AvgIpc) is 3.01. The van der Waals surface area contributed by atoms with Gasteiger partial charge in [0.15, 0.2) is 5.82 Å². The van der Waals surface area contributed by atoms with E-state index in [1.807, 2.05) is 12.1 Å². The molecule has 0 radical (unpaired) electrons. The zero-order valence-electron chi connectivity index (χ0n) is 10.1. The van der Waals surface area contributed by atoms with Crippen molar-refractivity contribution in [3.63, 3.8) is 0 Å². The van der Waals surface area contributed by atoms with E-state index in [1.165, 1.54) is 0 Å². The summed E-state index contributed by atoms with van der Waals surface area (Å²) in [5.41, 5.74) is 7.28. The van der Waals surface area contributed by atoms with Crippen LogP contribution in [0.1, 0.15) is 17.3 Å². The monoisotopic (exact) mass is 256 g/mol. The van der Waals surface area contributed by atoms with E-state index in [9.17, 15) is 0 Å². The van der Waals surface area contributed by atoms with E-state index < -0.39 is 0 Å². The molecule has 0 atom stereocenters. The van der Waals surface area contributed by atoms with Gasteiger partial charge in [0.05, 0.1) is 11.9 Å². The molecular weight excluding hydrogens is 244 g/mol. The summed E-state index contributed by atoms with van der Waals surface area (Å²) < 4.78 is 6.82. The molecule has 0 aliphatic carbocycles. The number of nitrogen functional groups attached to an aromatic ring is 1. The molecule has 3 aromatic heterocycles. The van der Waals surface area contributed by atoms with Gasteiger partial charge in [0.2, 0.25) is 5.89 Å². The van der Waals surface area contributed by atoms with Gasteiger partial charge >= 0.3 is 0 Å². The summed E-state index contributed by atoms with van der Waals surface area (Å²) in [5.74, 6) is 1.15. The molecule has 0 aliphatic heterocycles. The lowest BCUT2D eigenvalue weighted by Gasteiger charge is -1.94. The molecule has 0 saturated heterocycles. The van der Waals surface area contributed by atoms with Crippen LogP contribution < -0.4 is 5.73 Å². The first-order chi connectivity index (χ1) is 9.29. The third-order valence-electron chi connectivity index (χ3n) is 2.57. The fraction of sp³-hybridized carbons (Fsp3) is 0.167. The van der Waals surface area contributed by atoms with Crippen LogP contribution >= 0.6 is 0 Å².